The van der Waals surface area contributed by atoms with E-state index < -0.39 is 11.6 Å². The Bertz CT molecular complexity index is 361. The molecule has 1 aliphatic rings. The number of hydrogen-bond donors (Lipinski definition) is 1. The van der Waals surface area contributed by atoms with Crippen molar-refractivity contribution in [2.75, 3.05) is 31.1 Å². The molecule has 2 rings (SSSR count). The second kappa shape index (κ2) is 5.80. The highest BCUT2D eigenvalue weighted by molar-refractivity contribution is 7.99. The van der Waals surface area contributed by atoms with Crippen molar-refractivity contribution in [2.24, 2.45) is 5.73 Å². The van der Waals surface area contributed by atoms with Gasteiger partial charge in [-0.3, -0.25) is 4.90 Å². The third-order valence-electron chi connectivity index (χ3n) is 2.98. The lowest BCUT2D eigenvalue weighted by molar-refractivity contribution is 0.222. The van der Waals surface area contributed by atoms with Gasteiger partial charge in [-0.05, 0) is 17.7 Å². The second-order valence-corrected chi connectivity index (χ2v) is 5.33. The monoisotopic (exact) mass is 258 g/mol. The summed E-state index contributed by atoms with van der Waals surface area (Å²) in [5.74, 6) is 1.03. The van der Waals surface area contributed by atoms with E-state index in [1.807, 2.05) is 11.8 Å². The molecule has 0 bridgehead atoms. The van der Waals surface area contributed by atoms with Crippen LogP contribution in [0, 0.1) is 11.6 Å². The van der Waals surface area contributed by atoms with E-state index in [9.17, 15) is 8.78 Å². The fraction of sp³-hybridized carbons (Fsp3) is 0.500. The van der Waals surface area contributed by atoms with Gasteiger partial charge in [0.15, 0.2) is 0 Å². The molecule has 2 N–H and O–H groups in total. The van der Waals surface area contributed by atoms with Crippen molar-refractivity contribution in [3.63, 3.8) is 0 Å². The molecule has 1 fully saturated rings. The molecule has 1 aromatic carbocycles. The van der Waals surface area contributed by atoms with Crippen LogP contribution < -0.4 is 5.73 Å². The first kappa shape index (κ1) is 12.8. The lowest BCUT2D eigenvalue weighted by Gasteiger charge is -2.33. The molecule has 2 nitrogen and oxygen atoms in total. The number of thioether (sulfide) groups is 1. The Labute approximate surface area is 104 Å². The third-order valence-corrected chi connectivity index (χ3v) is 3.92. The molecule has 1 aliphatic heterocycles. The Morgan fingerprint density at radius 3 is 2.29 bits per heavy atom. The zero-order chi connectivity index (χ0) is 12.3. The highest BCUT2D eigenvalue weighted by Crippen LogP contribution is 2.24. The number of benzene rings is 1. The standard InChI is InChI=1S/C12H16F2N2S/c13-10-5-9(6-11(14)7-10)12(8-15)16-1-3-17-4-2-16/h5-7,12H,1-4,8,15H2. The third kappa shape index (κ3) is 3.18. The van der Waals surface area contributed by atoms with Crippen LogP contribution >= 0.6 is 11.8 Å². The highest BCUT2D eigenvalue weighted by atomic mass is 32.2. The van der Waals surface area contributed by atoms with Gasteiger partial charge in [-0.1, -0.05) is 0 Å². The van der Waals surface area contributed by atoms with Gasteiger partial charge in [-0.2, -0.15) is 11.8 Å². The maximum atomic E-state index is 13.2. The van der Waals surface area contributed by atoms with Crippen molar-refractivity contribution < 1.29 is 8.78 Å². The number of nitrogens with zero attached hydrogens (tertiary/aromatic N) is 1. The van der Waals surface area contributed by atoms with E-state index in [1.54, 1.807) is 0 Å². The average molecular weight is 258 g/mol. The molecule has 0 saturated carbocycles. The van der Waals surface area contributed by atoms with Crippen molar-refractivity contribution in [1.82, 2.24) is 4.90 Å². The fourth-order valence-corrected chi connectivity index (χ4v) is 3.08. The molecule has 94 valence electrons. The number of halogens is 2. The van der Waals surface area contributed by atoms with Crippen LogP contribution in [-0.2, 0) is 0 Å². The van der Waals surface area contributed by atoms with E-state index in [1.165, 1.54) is 12.1 Å². The Hall–Kier alpha value is -0.650. The van der Waals surface area contributed by atoms with E-state index in [4.69, 9.17) is 5.73 Å². The summed E-state index contributed by atoms with van der Waals surface area (Å²) in [6.45, 7) is 2.23. The Morgan fingerprint density at radius 2 is 1.76 bits per heavy atom. The second-order valence-electron chi connectivity index (χ2n) is 4.10. The van der Waals surface area contributed by atoms with Crippen LogP contribution in [0.2, 0.25) is 0 Å². The minimum Gasteiger partial charge on any atom is -0.329 e. The summed E-state index contributed by atoms with van der Waals surface area (Å²) < 4.78 is 26.4. The zero-order valence-electron chi connectivity index (χ0n) is 9.53. The summed E-state index contributed by atoms with van der Waals surface area (Å²) in [4.78, 5) is 2.20. The minimum absolute atomic E-state index is 0.0823. The van der Waals surface area contributed by atoms with Gasteiger partial charge in [0.25, 0.3) is 0 Å². The van der Waals surface area contributed by atoms with Gasteiger partial charge < -0.3 is 5.73 Å². The minimum atomic E-state index is -0.537. The van der Waals surface area contributed by atoms with Crippen LogP contribution in [0.4, 0.5) is 8.78 Å². The average Bonchev–Trinajstić information content (AvgIpc) is 2.30. The Morgan fingerprint density at radius 1 is 1.18 bits per heavy atom. The zero-order valence-corrected chi connectivity index (χ0v) is 10.4. The van der Waals surface area contributed by atoms with Crippen molar-refractivity contribution >= 4 is 11.8 Å². The predicted molar refractivity (Wildman–Crippen MR) is 67.1 cm³/mol. The first-order chi connectivity index (χ1) is 8.20. The van der Waals surface area contributed by atoms with Crippen LogP contribution in [0.3, 0.4) is 0 Å². The summed E-state index contributed by atoms with van der Waals surface area (Å²) in [5, 5.41) is 0. The van der Waals surface area contributed by atoms with Crippen molar-refractivity contribution in [3.8, 4) is 0 Å². The summed E-state index contributed by atoms with van der Waals surface area (Å²) in [6.07, 6.45) is 0. The summed E-state index contributed by atoms with van der Waals surface area (Å²) in [7, 11) is 0. The molecular formula is C12H16F2N2S. The molecule has 5 heteroatoms. The normalized spacial score (nSPS) is 19.2. The lowest BCUT2D eigenvalue weighted by atomic mass is 10.0. The van der Waals surface area contributed by atoms with E-state index in [0.29, 0.717) is 12.1 Å². The molecule has 1 unspecified atom stereocenters. The largest absolute Gasteiger partial charge is 0.329 e. The van der Waals surface area contributed by atoms with Crippen molar-refractivity contribution in [1.29, 1.82) is 0 Å². The van der Waals surface area contributed by atoms with Gasteiger partial charge in [-0.25, -0.2) is 8.78 Å². The molecular weight excluding hydrogens is 242 g/mol. The lowest BCUT2D eigenvalue weighted by Crippen LogP contribution is -2.39. The molecule has 1 atom stereocenters. The van der Waals surface area contributed by atoms with Gasteiger partial charge in [0.1, 0.15) is 11.6 Å². The fourth-order valence-electron chi connectivity index (χ4n) is 2.15. The summed E-state index contributed by atoms with van der Waals surface area (Å²) in [5.41, 5.74) is 6.38. The van der Waals surface area contributed by atoms with Gasteiger partial charge in [0.05, 0.1) is 0 Å². The maximum Gasteiger partial charge on any atom is 0.126 e. The molecule has 1 saturated heterocycles. The molecule has 1 heterocycles. The van der Waals surface area contributed by atoms with E-state index in [-0.39, 0.29) is 6.04 Å². The topological polar surface area (TPSA) is 29.3 Å². The van der Waals surface area contributed by atoms with Crippen LogP contribution in [0.25, 0.3) is 0 Å². The molecule has 0 aliphatic carbocycles. The van der Waals surface area contributed by atoms with Crippen molar-refractivity contribution in [2.45, 2.75) is 6.04 Å². The van der Waals surface area contributed by atoms with Crippen molar-refractivity contribution in [3.05, 3.63) is 35.4 Å². The molecule has 0 spiro atoms. The maximum absolute atomic E-state index is 13.2. The molecule has 1 aromatic rings. The van der Waals surface area contributed by atoms with Crippen LogP contribution in [-0.4, -0.2) is 36.0 Å². The van der Waals surface area contributed by atoms with E-state index in [0.717, 1.165) is 30.7 Å². The number of nitrogens with two attached hydrogens (primary N) is 1. The highest BCUT2D eigenvalue weighted by Gasteiger charge is 2.22. The van der Waals surface area contributed by atoms with Crippen LogP contribution in [0.5, 0.6) is 0 Å². The first-order valence-corrected chi connectivity index (χ1v) is 6.84. The van der Waals surface area contributed by atoms with Gasteiger partial charge in [-0.15, -0.1) is 0 Å². The van der Waals surface area contributed by atoms with Gasteiger partial charge in [0.2, 0.25) is 0 Å². The Balaban J connectivity index is 2.21. The summed E-state index contributed by atoms with van der Waals surface area (Å²) in [6, 6.07) is 3.56. The van der Waals surface area contributed by atoms with E-state index >= 15 is 0 Å². The quantitative estimate of drug-likeness (QED) is 0.899. The Kier molecular flexibility index (Phi) is 4.36. The van der Waals surface area contributed by atoms with Crippen LogP contribution in [0.15, 0.2) is 18.2 Å². The SMILES string of the molecule is NCC(c1cc(F)cc(F)c1)N1CCSCC1. The summed E-state index contributed by atoms with van der Waals surface area (Å²) >= 11 is 1.90. The molecule has 0 amide bonds. The van der Waals surface area contributed by atoms with Gasteiger partial charge >= 0.3 is 0 Å². The van der Waals surface area contributed by atoms with Crippen LogP contribution in [0.1, 0.15) is 11.6 Å². The number of hydrogen-bond acceptors (Lipinski definition) is 3. The number of rotatable bonds is 3. The smallest absolute Gasteiger partial charge is 0.126 e. The van der Waals surface area contributed by atoms with E-state index in [2.05, 4.69) is 4.90 Å². The molecule has 0 radical (unpaired) electrons. The first-order valence-electron chi connectivity index (χ1n) is 5.68. The predicted octanol–water partition coefficient (Wildman–Crippen LogP) is 2.01. The van der Waals surface area contributed by atoms with Gasteiger partial charge in [0, 0.05) is 43.2 Å². The molecule has 17 heavy (non-hydrogen) atoms. The molecule has 0 aromatic heterocycles.